The molecule has 1 rings (SSSR count). The summed E-state index contributed by atoms with van der Waals surface area (Å²) in [7, 11) is 2.92. The average molecular weight is 218 g/mol. The second-order valence-electron chi connectivity index (χ2n) is 2.85. The quantitative estimate of drug-likeness (QED) is 0.570. The van der Waals surface area contributed by atoms with Gasteiger partial charge in [0.05, 0.1) is 26.7 Å². The van der Waals surface area contributed by atoms with E-state index in [-0.39, 0.29) is 6.42 Å². The molecule has 1 aromatic carbocycles. The molecule has 0 aliphatic heterocycles. The van der Waals surface area contributed by atoms with E-state index in [1.807, 2.05) is 6.07 Å². The molecular weight excluding hydrogens is 208 g/mol. The first-order valence-electron chi connectivity index (χ1n) is 4.47. The number of carbonyl (C=O) groups excluding carboxylic acids is 1. The molecule has 1 aromatic rings. The second-order valence-corrected chi connectivity index (χ2v) is 2.85. The minimum atomic E-state index is 0.140. The number of ether oxygens (including phenoxy) is 2. The Bertz CT molecular complexity index is 471. The minimum absolute atomic E-state index is 0.140. The van der Waals surface area contributed by atoms with E-state index in [4.69, 9.17) is 14.7 Å². The first kappa shape index (κ1) is 11.8. The Kier molecular flexibility index (Phi) is 4.07. The second kappa shape index (κ2) is 5.54. The van der Waals surface area contributed by atoms with E-state index in [2.05, 4.69) is 4.99 Å². The van der Waals surface area contributed by atoms with Crippen molar-refractivity contribution in [2.24, 2.45) is 4.99 Å². The van der Waals surface area contributed by atoms with Gasteiger partial charge in [0.1, 0.15) is 5.69 Å². The summed E-state index contributed by atoms with van der Waals surface area (Å²) in [6, 6.07) is 5.31. The van der Waals surface area contributed by atoms with Crippen LogP contribution in [0.4, 0.5) is 5.69 Å². The smallest absolute Gasteiger partial charge is 0.240 e. The lowest BCUT2D eigenvalue weighted by molar-refractivity contribution is 0.355. The van der Waals surface area contributed by atoms with Gasteiger partial charge in [-0.15, -0.1) is 0 Å². The van der Waals surface area contributed by atoms with Crippen molar-refractivity contribution in [1.82, 2.24) is 0 Å². The molecule has 0 unspecified atom stereocenters. The normalized spacial score (nSPS) is 8.81. The number of hydrogen-bond acceptors (Lipinski definition) is 5. The van der Waals surface area contributed by atoms with Gasteiger partial charge in [-0.25, -0.2) is 4.79 Å². The molecular formula is C11H10N2O3. The number of hydrogen-bond donors (Lipinski definition) is 0. The lowest BCUT2D eigenvalue weighted by Gasteiger charge is -2.11. The van der Waals surface area contributed by atoms with Gasteiger partial charge in [0, 0.05) is 0 Å². The molecule has 5 nitrogen and oxygen atoms in total. The predicted octanol–water partition coefficient (Wildman–Crippen LogP) is 1.74. The summed E-state index contributed by atoms with van der Waals surface area (Å²) in [5.41, 5.74) is 0.891. The first-order chi connectivity index (χ1) is 7.78. The van der Waals surface area contributed by atoms with E-state index in [9.17, 15) is 4.79 Å². The molecule has 0 fully saturated rings. The van der Waals surface area contributed by atoms with E-state index in [1.54, 1.807) is 12.1 Å². The lowest BCUT2D eigenvalue weighted by atomic mass is 10.1. The molecule has 0 spiro atoms. The number of nitriles is 1. The summed E-state index contributed by atoms with van der Waals surface area (Å²) in [4.78, 5) is 13.9. The van der Waals surface area contributed by atoms with Crippen molar-refractivity contribution in [2.45, 2.75) is 6.42 Å². The molecule has 0 aromatic heterocycles. The third-order valence-electron chi connectivity index (χ3n) is 2.03. The molecule has 0 aliphatic rings. The van der Waals surface area contributed by atoms with Gasteiger partial charge in [-0.1, -0.05) is 6.07 Å². The molecule has 0 saturated heterocycles. The number of isocyanates is 1. The highest BCUT2D eigenvalue weighted by atomic mass is 16.5. The maximum Gasteiger partial charge on any atom is 0.240 e. The summed E-state index contributed by atoms with van der Waals surface area (Å²) in [6.45, 7) is 0. The van der Waals surface area contributed by atoms with Gasteiger partial charge in [-0.3, -0.25) is 0 Å². The third kappa shape index (κ3) is 2.19. The highest BCUT2D eigenvalue weighted by Gasteiger charge is 2.14. The molecule has 0 amide bonds. The number of rotatable bonds is 4. The van der Waals surface area contributed by atoms with Crippen LogP contribution in [0.2, 0.25) is 0 Å². The van der Waals surface area contributed by atoms with E-state index in [0.717, 1.165) is 0 Å². The number of methoxy groups -OCH3 is 2. The van der Waals surface area contributed by atoms with Crippen LogP contribution in [0.5, 0.6) is 11.5 Å². The van der Waals surface area contributed by atoms with Gasteiger partial charge in [0.25, 0.3) is 0 Å². The van der Waals surface area contributed by atoms with Crippen LogP contribution in [0.25, 0.3) is 0 Å². The number of aliphatic imine (C=N–C) groups is 1. The van der Waals surface area contributed by atoms with Crippen LogP contribution >= 0.6 is 0 Å². The zero-order valence-corrected chi connectivity index (χ0v) is 8.98. The molecule has 5 heteroatoms. The van der Waals surface area contributed by atoms with Crippen LogP contribution in [0.1, 0.15) is 5.56 Å². The van der Waals surface area contributed by atoms with Crippen LogP contribution in [0.3, 0.4) is 0 Å². The van der Waals surface area contributed by atoms with Crippen molar-refractivity contribution in [1.29, 1.82) is 5.26 Å². The molecule has 0 radical (unpaired) electrons. The van der Waals surface area contributed by atoms with Crippen LogP contribution < -0.4 is 9.47 Å². The Morgan fingerprint density at radius 3 is 2.62 bits per heavy atom. The van der Waals surface area contributed by atoms with Crippen LogP contribution in [0, 0.1) is 11.3 Å². The van der Waals surface area contributed by atoms with E-state index in [1.165, 1.54) is 20.3 Å². The van der Waals surface area contributed by atoms with Gasteiger partial charge in [-0.2, -0.15) is 10.3 Å². The van der Waals surface area contributed by atoms with Crippen molar-refractivity contribution in [2.75, 3.05) is 14.2 Å². The van der Waals surface area contributed by atoms with Crippen molar-refractivity contribution < 1.29 is 14.3 Å². The topological polar surface area (TPSA) is 71.7 Å². The highest BCUT2D eigenvalue weighted by molar-refractivity contribution is 5.68. The third-order valence-corrected chi connectivity index (χ3v) is 2.03. The SMILES string of the molecule is COc1ccc(CC#N)c(N=C=O)c1OC. The predicted molar refractivity (Wildman–Crippen MR) is 56.6 cm³/mol. The van der Waals surface area contributed by atoms with Gasteiger partial charge in [0.2, 0.25) is 6.08 Å². The average Bonchev–Trinajstić information content (AvgIpc) is 2.31. The van der Waals surface area contributed by atoms with Crippen LogP contribution in [-0.2, 0) is 11.2 Å². The maximum absolute atomic E-state index is 10.3. The Labute approximate surface area is 92.9 Å². The standard InChI is InChI=1S/C11H10N2O3/c1-15-9-4-3-8(5-6-12)10(13-7-14)11(9)16-2/h3-4H,5H2,1-2H3. The van der Waals surface area contributed by atoms with Gasteiger partial charge in [0.15, 0.2) is 11.5 Å². The van der Waals surface area contributed by atoms with Crippen molar-refractivity contribution in [3.05, 3.63) is 17.7 Å². The fraction of sp³-hybridized carbons (Fsp3) is 0.273. The molecule has 82 valence electrons. The largest absolute Gasteiger partial charge is 0.493 e. The fourth-order valence-corrected chi connectivity index (χ4v) is 1.35. The number of benzene rings is 1. The van der Waals surface area contributed by atoms with E-state index >= 15 is 0 Å². The van der Waals surface area contributed by atoms with Crippen LogP contribution in [-0.4, -0.2) is 20.3 Å². The Balaban J connectivity index is 3.44. The highest BCUT2D eigenvalue weighted by Crippen LogP contribution is 2.39. The van der Waals surface area contributed by atoms with Crippen molar-refractivity contribution in [3.63, 3.8) is 0 Å². The summed E-state index contributed by atoms with van der Waals surface area (Å²) in [6.07, 6.45) is 1.58. The number of nitrogens with zero attached hydrogens (tertiary/aromatic N) is 2. The zero-order valence-electron chi connectivity index (χ0n) is 8.98. The van der Waals surface area contributed by atoms with Crippen molar-refractivity contribution in [3.8, 4) is 17.6 Å². The van der Waals surface area contributed by atoms with Crippen molar-refractivity contribution >= 4 is 11.8 Å². The maximum atomic E-state index is 10.3. The lowest BCUT2D eigenvalue weighted by Crippen LogP contribution is -1.94. The summed E-state index contributed by atoms with van der Waals surface area (Å²) < 4.78 is 10.2. The molecule has 0 atom stereocenters. The fourth-order valence-electron chi connectivity index (χ4n) is 1.35. The summed E-state index contributed by atoms with van der Waals surface area (Å²) in [5.74, 6) is 0.789. The molecule has 0 N–H and O–H groups in total. The minimum Gasteiger partial charge on any atom is -0.493 e. The molecule has 16 heavy (non-hydrogen) atoms. The molecule has 0 saturated carbocycles. The Hall–Kier alpha value is -2.31. The van der Waals surface area contributed by atoms with E-state index in [0.29, 0.717) is 22.7 Å². The monoisotopic (exact) mass is 218 g/mol. The van der Waals surface area contributed by atoms with Crippen LogP contribution in [0.15, 0.2) is 17.1 Å². The zero-order chi connectivity index (χ0) is 12.0. The van der Waals surface area contributed by atoms with Gasteiger partial charge in [-0.05, 0) is 11.6 Å². The molecule has 0 bridgehead atoms. The summed E-state index contributed by atoms with van der Waals surface area (Å²) in [5, 5.41) is 8.64. The van der Waals surface area contributed by atoms with Gasteiger partial charge < -0.3 is 9.47 Å². The van der Waals surface area contributed by atoms with E-state index < -0.39 is 0 Å². The summed E-state index contributed by atoms with van der Waals surface area (Å²) >= 11 is 0. The first-order valence-corrected chi connectivity index (χ1v) is 4.47. The Morgan fingerprint density at radius 1 is 1.38 bits per heavy atom. The van der Waals surface area contributed by atoms with Gasteiger partial charge >= 0.3 is 0 Å². The Morgan fingerprint density at radius 2 is 2.12 bits per heavy atom. The molecule has 0 heterocycles. The molecule has 0 aliphatic carbocycles.